The van der Waals surface area contributed by atoms with Gasteiger partial charge in [-0.3, -0.25) is 9.59 Å². The van der Waals surface area contributed by atoms with E-state index < -0.39 is 0 Å². The van der Waals surface area contributed by atoms with Gasteiger partial charge in [0.05, 0.1) is 19.1 Å². The number of hydrogen-bond acceptors (Lipinski definition) is 6. The molecule has 0 aliphatic carbocycles. The van der Waals surface area contributed by atoms with Gasteiger partial charge in [-0.05, 0) is 20.8 Å². The van der Waals surface area contributed by atoms with Crippen LogP contribution < -0.4 is 5.32 Å². The topological polar surface area (TPSA) is 97.6 Å². The van der Waals surface area contributed by atoms with Crippen LogP contribution in [-0.2, 0) is 27.3 Å². The maximum absolute atomic E-state index is 12.2. The van der Waals surface area contributed by atoms with E-state index in [2.05, 4.69) is 15.5 Å². The van der Waals surface area contributed by atoms with Crippen LogP contribution in [0.2, 0.25) is 0 Å². The molecule has 0 radical (unpaired) electrons. The smallest absolute Gasteiger partial charge is 0.246 e. The maximum Gasteiger partial charge on any atom is 0.246 e. The van der Waals surface area contributed by atoms with Gasteiger partial charge in [0.1, 0.15) is 0 Å². The minimum atomic E-state index is -0.336. The van der Waals surface area contributed by atoms with E-state index in [4.69, 9.17) is 9.26 Å². The van der Waals surface area contributed by atoms with Crippen molar-refractivity contribution in [3.05, 3.63) is 11.7 Å². The van der Waals surface area contributed by atoms with E-state index in [1.54, 1.807) is 12.0 Å². The molecule has 2 amide bonds. The summed E-state index contributed by atoms with van der Waals surface area (Å²) in [6.45, 7) is 7.01. The van der Waals surface area contributed by atoms with Crippen LogP contribution in [0.5, 0.6) is 0 Å². The zero-order chi connectivity index (χ0) is 17.0. The van der Waals surface area contributed by atoms with Gasteiger partial charge in [-0.2, -0.15) is 4.98 Å². The quantitative estimate of drug-likeness (QED) is 0.819. The molecular formula is C15H24N4O4. The van der Waals surface area contributed by atoms with Gasteiger partial charge in [-0.1, -0.05) is 5.16 Å². The number of methoxy groups -OCH3 is 1. The van der Waals surface area contributed by atoms with Crippen LogP contribution in [0.15, 0.2) is 4.52 Å². The van der Waals surface area contributed by atoms with Crippen molar-refractivity contribution in [1.82, 2.24) is 20.4 Å². The Kier molecular flexibility index (Phi) is 5.35. The van der Waals surface area contributed by atoms with Crippen molar-refractivity contribution in [1.29, 1.82) is 0 Å². The van der Waals surface area contributed by atoms with Gasteiger partial charge in [-0.15, -0.1) is 0 Å². The van der Waals surface area contributed by atoms with Gasteiger partial charge < -0.3 is 19.5 Å². The maximum atomic E-state index is 12.2. The first-order valence-corrected chi connectivity index (χ1v) is 7.70. The Morgan fingerprint density at radius 3 is 2.83 bits per heavy atom. The minimum Gasteiger partial charge on any atom is -0.384 e. The molecule has 0 saturated carbocycles. The Bertz CT molecular complexity index is 564. The summed E-state index contributed by atoms with van der Waals surface area (Å²) >= 11 is 0. The number of aromatic nitrogens is 2. The molecular weight excluding hydrogens is 300 g/mol. The van der Waals surface area contributed by atoms with Crippen LogP contribution in [0, 0.1) is 5.92 Å². The van der Waals surface area contributed by atoms with Gasteiger partial charge in [0.25, 0.3) is 0 Å². The third kappa shape index (κ3) is 4.51. The third-order valence-electron chi connectivity index (χ3n) is 3.76. The minimum absolute atomic E-state index is 0.0114. The van der Waals surface area contributed by atoms with Crippen molar-refractivity contribution < 1.29 is 18.8 Å². The summed E-state index contributed by atoms with van der Waals surface area (Å²) in [5, 5.41) is 6.56. The summed E-state index contributed by atoms with van der Waals surface area (Å²) in [4.78, 5) is 30.1. The fourth-order valence-corrected chi connectivity index (χ4v) is 2.50. The molecule has 2 rings (SSSR count). The Balaban J connectivity index is 1.83. The van der Waals surface area contributed by atoms with Gasteiger partial charge in [0.15, 0.2) is 5.82 Å². The first-order chi connectivity index (χ1) is 10.8. The molecule has 1 aliphatic rings. The Morgan fingerprint density at radius 2 is 2.22 bits per heavy atom. The fraction of sp³-hybridized carbons (Fsp3) is 0.733. The predicted octanol–water partition coefficient (Wildman–Crippen LogP) is 0.522. The molecule has 2 heterocycles. The van der Waals surface area contributed by atoms with Crippen LogP contribution in [-0.4, -0.2) is 52.7 Å². The number of amides is 2. The molecule has 0 aromatic carbocycles. The molecule has 0 spiro atoms. The van der Waals surface area contributed by atoms with Crippen molar-refractivity contribution >= 4 is 11.8 Å². The van der Waals surface area contributed by atoms with Gasteiger partial charge >= 0.3 is 0 Å². The Hall–Kier alpha value is -1.96. The number of rotatable bonds is 6. The summed E-state index contributed by atoms with van der Waals surface area (Å²) in [6.07, 6.45) is 0.803. The number of nitrogens with one attached hydrogen (secondary N) is 1. The lowest BCUT2D eigenvalue weighted by Gasteiger charge is -2.31. The van der Waals surface area contributed by atoms with E-state index in [0.717, 1.165) is 0 Å². The van der Waals surface area contributed by atoms with E-state index in [0.29, 0.717) is 31.3 Å². The van der Waals surface area contributed by atoms with E-state index in [1.807, 2.05) is 20.8 Å². The van der Waals surface area contributed by atoms with E-state index in [9.17, 15) is 9.59 Å². The predicted molar refractivity (Wildman–Crippen MR) is 81.3 cm³/mol. The molecule has 1 fully saturated rings. The Labute approximate surface area is 135 Å². The second-order valence-corrected chi connectivity index (χ2v) is 6.64. The molecule has 8 heteroatoms. The number of nitrogens with zero attached hydrogens (tertiary/aromatic N) is 3. The van der Waals surface area contributed by atoms with Gasteiger partial charge in [-0.25, -0.2) is 0 Å². The molecule has 1 saturated heterocycles. The van der Waals surface area contributed by atoms with Crippen LogP contribution in [0.25, 0.3) is 0 Å². The van der Waals surface area contributed by atoms with E-state index in [1.165, 1.54) is 0 Å². The summed E-state index contributed by atoms with van der Waals surface area (Å²) in [5.74, 6) is 0.407. The number of likely N-dealkylation sites (tertiary alicyclic amines) is 1. The first kappa shape index (κ1) is 17.4. The summed E-state index contributed by atoms with van der Waals surface area (Å²) < 4.78 is 10.0. The number of ether oxygens (including phenoxy) is 1. The summed E-state index contributed by atoms with van der Waals surface area (Å²) in [6, 6.07) is 0. The zero-order valence-electron chi connectivity index (χ0n) is 14.1. The molecule has 1 atom stereocenters. The van der Waals surface area contributed by atoms with Gasteiger partial charge in [0.2, 0.25) is 17.7 Å². The van der Waals surface area contributed by atoms with Crippen molar-refractivity contribution in [2.24, 2.45) is 5.92 Å². The average Bonchev–Trinajstić information content (AvgIpc) is 3.08. The molecule has 1 aromatic heterocycles. The highest BCUT2D eigenvalue weighted by Crippen LogP contribution is 2.25. The second-order valence-electron chi connectivity index (χ2n) is 6.64. The molecule has 0 bridgehead atoms. The van der Waals surface area contributed by atoms with Crippen molar-refractivity contribution in [2.75, 3.05) is 20.3 Å². The summed E-state index contributed by atoms with van der Waals surface area (Å²) in [5.41, 5.74) is -0.269. The lowest BCUT2D eigenvalue weighted by atomic mass is 10.1. The SMILES string of the molecule is COCCc1noc(CNC(=O)[C@H]2CC(=O)N(C(C)(C)C)C2)n1. The normalized spacial score (nSPS) is 18.5. The lowest BCUT2D eigenvalue weighted by molar-refractivity contribution is -0.132. The van der Waals surface area contributed by atoms with Crippen molar-refractivity contribution in [3.63, 3.8) is 0 Å². The molecule has 128 valence electrons. The molecule has 1 aromatic rings. The van der Waals surface area contributed by atoms with E-state index in [-0.39, 0.29) is 36.2 Å². The first-order valence-electron chi connectivity index (χ1n) is 7.70. The number of hydrogen-bond donors (Lipinski definition) is 1. The van der Waals surface area contributed by atoms with Gasteiger partial charge in [0, 0.05) is 32.0 Å². The molecule has 8 nitrogen and oxygen atoms in total. The van der Waals surface area contributed by atoms with Crippen LogP contribution >= 0.6 is 0 Å². The fourth-order valence-electron chi connectivity index (χ4n) is 2.50. The standard InChI is InChI=1S/C15H24N4O4/c1-15(2,3)19-9-10(7-13(19)20)14(21)16-8-12-17-11(18-23-12)5-6-22-4/h10H,5-9H2,1-4H3,(H,16,21)/t10-/m0/s1. The van der Waals surface area contributed by atoms with Crippen LogP contribution in [0.1, 0.15) is 38.9 Å². The largest absolute Gasteiger partial charge is 0.384 e. The Morgan fingerprint density at radius 1 is 1.48 bits per heavy atom. The molecule has 1 aliphatic heterocycles. The van der Waals surface area contributed by atoms with Crippen LogP contribution in [0.3, 0.4) is 0 Å². The van der Waals surface area contributed by atoms with Crippen molar-refractivity contribution in [3.8, 4) is 0 Å². The zero-order valence-corrected chi connectivity index (χ0v) is 14.1. The molecule has 1 N–H and O–H groups in total. The molecule has 23 heavy (non-hydrogen) atoms. The highest BCUT2D eigenvalue weighted by Gasteiger charge is 2.39. The summed E-state index contributed by atoms with van der Waals surface area (Å²) in [7, 11) is 1.60. The van der Waals surface area contributed by atoms with Crippen LogP contribution in [0.4, 0.5) is 0 Å². The van der Waals surface area contributed by atoms with Crippen molar-refractivity contribution in [2.45, 2.75) is 45.7 Å². The monoisotopic (exact) mass is 324 g/mol. The third-order valence-corrected chi connectivity index (χ3v) is 3.76. The highest BCUT2D eigenvalue weighted by atomic mass is 16.5. The number of carbonyl (C=O) groups excluding carboxylic acids is 2. The second kappa shape index (κ2) is 7.08. The highest BCUT2D eigenvalue weighted by molar-refractivity contribution is 5.89. The average molecular weight is 324 g/mol. The molecule has 0 unspecified atom stereocenters. The lowest BCUT2D eigenvalue weighted by Crippen LogP contribution is -2.43. The van der Waals surface area contributed by atoms with E-state index >= 15 is 0 Å². The number of carbonyl (C=O) groups is 2.